The first-order valence-electron chi connectivity index (χ1n) is 8.73. The van der Waals surface area contributed by atoms with Crippen molar-refractivity contribution in [3.8, 4) is 0 Å². The van der Waals surface area contributed by atoms with Crippen LogP contribution in [0.4, 0.5) is 4.39 Å². The van der Waals surface area contributed by atoms with Gasteiger partial charge in [-0.1, -0.05) is 11.6 Å². The summed E-state index contributed by atoms with van der Waals surface area (Å²) in [4.78, 5) is 14.5. The van der Waals surface area contributed by atoms with Gasteiger partial charge in [0.1, 0.15) is 10.7 Å². The van der Waals surface area contributed by atoms with Crippen LogP contribution in [0.3, 0.4) is 0 Å². The third-order valence-electron chi connectivity index (χ3n) is 4.78. The van der Waals surface area contributed by atoms with E-state index in [0.29, 0.717) is 24.5 Å². The van der Waals surface area contributed by atoms with Crippen LogP contribution in [0.5, 0.6) is 0 Å². The van der Waals surface area contributed by atoms with Crippen LogP contribution in [0.15, 0.2) is 23.1 Å². The van der Waals surface area contributed by atoms with E-state index >= 15 is 0 Å². The molecule has 3 rings (SSSR count). The molecule has 0 spiro atoms. The molecule has 0 atom stereocenters. The molecule has 0 aliphatic carbocycles. The Balaban J connectivity index is 1.65. The van der Waals surface area contributed by atoms with Crippen molar-refractivity contribution >= 4 is 15.8 Å². The summed E-state index contributed by atoms with van der Waals surface area (Å²) in [5.74, 6) is -0.827. The highest BCUT2D eigenvalue weighted by atomic mass is 32.2. The number of ketones is 1. The summed E-state index contributed by atoms with van der Waals surface area (Å²) < 4.78 is 41.0. The van der Waals surface area contributed by atoms with Gasteiger partial charge in [0.05, 0.1) is 23.5 Å². The molecule has 1 aromatic heterocycles. The minimum absolute atomic E-state index is 0.0675. The van der Waals surface area contributed by atoms with Crippen LogP contribution in [-0.2, 0) is 10.0 Å². The summed E-state index contributed by atoms with van der Waals surface area (Å²) in [5, 5.41) is 6.66. The zero-order valence-corrected chi connectivity index (χ0v) is 16.4. The Labute approximate surface area is 158 Å². The van der Waals surface area contributed by atoms with Crippen molar-refractivity contribution in [3.63, 3.8) is 0 Å². The van der Waals surface area contributed by atoms with E-state index in [4.69, 9.17) is 0 Å². The van der Waals surface area contributed by atoms with Crippen LogP contribution >= 0.6 is 0 Å². The summed E-state index contributed by atoms with van der Waals surface area (Å²) in [7, 11) is -3.63. The number of H-pyrrole nitrogens is 1. The van der Waals surface area contributed by atoms with E-state index in [1.54, 1.807) is 32.9 Å². The Morgan fingerprint density at radius 2 is 1.85 bits per heavy atom. The van der Waals surface area contributed by atoms with Gasteiger partial charge in [0.25, 0.3) is 0 Å². The molecule has 7 nitrogen and oxygen atoms in total. The number of halogens is 1. The van der Waals surface area contributed by atoms with Gasteiger partial charge in [0.2, 0.25) is 10.0 Å². The second kappa shape index (κ2) is 7.49. The quantitative estimate of drug-likeness (QED) is 0.780. The van der Waals surface area contributed by atoms with Crippen molar-refractivity contribution in [1.29, 1.82) is 0 Å². The number of aromatic nitrogens is 2. The van der Waals surface area contributed by atoms with Crippen molar-refractivity contribution in [1.82, 2.24) is 19.4 Å². The summed E-state index contributed by atoms with van der Waals surface area (Å²) in [5.41, 5.74) is 1.86. The molecule has 146 valence electrons. The Morgan fingerprint density at radius 1 is 1.19 bits per heavy atom. The highest BCUT2D eigenvalue weighted by molar-refractivity contribution is 7.89. The van der Waals surface area contributed by atoms with Crippen LogP contribution < -0.4 is 0 Å². The fraction of sp³-hybridized carbons (Fsp3) is 0.444. The maximum absolute atomic E-state index is 13.9. The highest BCUT2D eigenvalue weighted by Crippen LogP contribution is 2.23. The molecule has 1 aromatic carbocycles. The normalized spacial score (nSPS) is 16.6. The number of rotatable bonds is 5. The third-order valence-corrected chi connectivity index (χ3v) is 6.94. The molecule has 1 aliphatic heterocycles. The Kier molecular flexibility index (Phi) is 5.45. The van der Waals surface area contributed by atoms with Crippen molar-refractivity contribution in [3.05, 3.63) is 46.5 Å². The molecule has 9 heteroatoms. The van der Waals surface area contributed by atoms with E-state index in [0.717, 1.165) is 5.56 Å². The lowest BCUT2D eigenvalue weighted by Crippen LogP contribution is -2.50. The summed E-state index contributed by atoms with van der Waals surface area (Å²) in [6.45, 7) is 6.58. The number of piperazine rings is 1. The molecule has 1 aliphatic rings. The Morgan fingerprint density at radius 3 is 2.44 bits per heavy atom. The first kappa shape index (κ1) is 19.7. The summed E-state index contributed by atoms with van der Waals surface area (Å²) in [6, 6.07) is 4.46. The number of carbonyl (C=O) groups is 1. The fourth-order valence-corrected chi connectivity index (χ4v) is 5.07. The number of aryl methyl sites for hydroxylation is 3. The SMILES string of the molecule is Cc1ccc(F)c(C(=O)CN2CCN(S(=O)(=O)c3c(C)n[nH]c3C)CC2)c1. The molecule has 2 aromatic rings. The number of aromatic amines is 1. The van der Waals surface area contributed by atoms with Crippen LogP contribution in [0, 0.1) is 26.6 Å². The average Bonchev–Trinajstić information content (AvgIpc) is 2.96. The molecule has 0 amide bonds. The monoisotopic (exact) mass is 394 g/mol. The molecule has 1 fully saturated rings. The van der Waals surface area contributed by atoms with Crippen molar-refractivity contribution in [2.45, 2.75) is 25.7 Å². The van der Waals surface area contributed by atoms with Gasteiger partial charge in [-0.15, -0.1) is 0 Å². The van der Waals surface area contributed by atoms with Gasteiger partial charge in [0.15, 0.2) is 5.78 Å². The van der Waals surface area contributed by atoms with Crippen molar-refractivity contribution < 1.29 is 17.6 Å². The second-order valence-corrected chi connectivity index (χ2v) is 8.72. The second-order valence-electron chi connectivity index (χ2n) is 6.85. The van der Waals surface area contributed by atoms with Gasteiger partial charge in [-0.2, -0.15) is 9.40 Å². The van der Waals surface area contributed by atoms with E-state index in [1.165, 1.54) is 10.4 Å². The lowest BCUT2D eigenvalue weighted by Gasteiger charge is -2.33. The van der Waals surface area contributed by atoms with Crippen LogP contribution in [0.1, 0.15) is 27.3 Å². The van der Waals surface area contributed by atoms with E-state index in [-0.39, 0.29) is 35.9 Å². The fourth-order valence-electron chi connectivity index (χ4n) is 3.32. The van der Waals surface area contributed by atoms with Gasteiger partial charge in [0, 0.05) is 26.2 Å². The Bertz CT molecular complexity index is 943. The van der Waals surface area contributed by atoms with E-state index in [2.05, 4.69) is 10.2 Å². The number of nitrogens with zero attached hydrogens (tertiary/aromatic N) is 3. The zero-order valence-electron chi connectivity index (χ0n) is 15.6. The molecule has 0 bridgehead atoms. The first-order valence-corrected chi connectivity index (χ1v) is 10.2. The lowest BCUT2D eigenvalue weighted by atomic mass is 10.1. The molecule has 2 heterocycles. The Hall–Kier alpha value is -2.10. The van der Waals surface area contributed by atoms with E-state index < -0.39 is 15.8 Å². The zero-order chi connectivity index (χ0) is 19.8. The standard InChI is InChI=1S/C18H23FN4O3S/c1-12-4-5-16(19)15(10-12)17(24)11-22-6-8-23(9-7-22)27(25,26)18-13(2)20-21-14(18)3/h4-5,10H,6-9,11H2,1-3H3,(H,20,21). The smallest absolute Gasteiger partial charge is 0.246 e. The third kappa shape index (κ3) is 3.95. The van der Waals surface area contributed by atoms with Crippen molar-refractivity contribution in [2.24, 2.45) is 0 Å². The van der Waals surface area contributed by atoms with E-state index in [9.17, 15) is 17.6 Å². The van der Waals surface area contributed by atoms with Gasteiger partial charge < -0.3 is 0 Å². The summed E-state index contributed by atoms with van der Waals surface area (Å²) >= 11 is 0. The number of benzene rings is 1. The predicted octanol–water partition coefficient (Wildman–Crippen LogP) is 1.66. The maximum Gasteiger partial charge on any atom is 0.246 e. The number of Topliss-reactive ketones (excluding diaryl/α,β-unsaturated/α-hetero) is 1. The number of hydrogen-bond acceptors (Lipinski definition) is 5. The number of sulfonamides is 1. The topological polar surface area (TPSA) is 86.4 Å². The van der Waals surface area contributed by atoms with Crippen LogP contribution in [0.2, 0.25) is 0 Å². The maximum atomic E-state index is 13.9. The molecule has 0 unspecified atom stereocenters. The molecule has 1 saturated heterocycles. The molecule has 1 N–H and O–H groups in total. The molecular formula is C18H23FN4O3S. The van der Waals surface area contributed by atoms with Gasteiger partial charge in [-0.05, 0) is 32.9 Å². The number of nitrogens with one attached hydrogen (secondary N) is 1. The van der Waals surface area contributed by atoms with Gasteiger partial charge in [-0.25, -0.2) is 12.8 Å². The summed E-state index contributed by atoms with van der Waals surface area (Å²) in [6.07, 6.45) is 0. The van der Waals surface area contributed by atoms with Gasteiger partial charge >= 0.3 is 0 Å². The van der Waals surface area contributed by atoms with Gasteiger partial charge in [-0.3, -0.25) is 14.8 Å². The minimum Gasteiger partial charge on any atom is -0.293 e. The largest absolute Gasteiger partial charge is 0.293 e. The number of carbonyl (C=O) groups excluding carboxylic acids is 1. The minimum atomic E-state index is -3.63. The molecule has 27 heavy (non-hydrogen) atoms. The predicted molar refractivity (Wildman–Crippen MR) is 98.7 cm³/mol. The first-order chi connectivity index (χ1) is 12.7. The van der Waals surface area contributed by atoms with Crippen LogP contribution in [-0.4, -0.2) is 66.3 Å². The average molecular weight is 394 g/mol. The van der Waals surface area contributed by atoms with Crippen LogP contribution in [0.25, 0.3) is 0 Å². The van der Waals surface area contributed by atoms with E-state index in [1.807, 2.05) is 4.90 Å². The highest BCUT2D eigenvalue weighted by Gasteiger charge is 2.32. The molecule has 0 radical (unpaired) electrons. The molecular weight excluding hydrogens is 371 g/mol. The molecule has 0 saturated carbocycles. The number of hydrogen-bond donors (Lipinski definition) is 1. The van der Waals surface area contributed by atoms with Crippen molar-refractivity contribution in [2.75, 3.05) is 32.7 Å². The lowest BCUT2D eigenvalue weighted by molar-refractivity contribution is 0.0897.